The van der Waals surface area contributed by atoms with Crippen molar-refractivity contribution < 1.29 is 0 Å². The Kier molecular flexibility index (Phi) is 4.66. The van der Waals surface area contributed by atoms with Crippen LogP contribution in [0, 0.1) is 11.3 Å². The Morgan fingerprint density at radius 3 is 2.44 bits per heavy atom. The molecule has 0 bridgehead atoms. The summed E-state index contributed by atoms with van der Waals surface area (Å²) in [7, 11) is 0. The zero-order chi connectivity index (χ0) is 13.2. The summed E-state index contributed by atoms with van der Waals surface area (Å²) in [6.45, 7) is 10.4. The zero-order valence-corrected chi connectivity index (χ0v) is 13.2. The third-order valence-corrected chi connectivity index (χ3v) is 6.53. The fourth-order valence-electron chi connectivity index (χ4n) is 3.62. The lowest BCUT2D eigenvalue weighted by Gasteiger charge is -2.51. The van der Waals surface area contributed by atoms with E-state index in [4.69, 9.17) is 5.73 Å². The second-order valence-electron chi connectivity index (χ2n) is 7.10. The normalized spacial score (nSPS) is 32.5. The predicted octanol–water partition coefficient (Wildman–Crippen LogP) is 2.97. The first kappa shape index (κ1) is 14.7. The van der Waals surface area contributed by atoms with Gasteiger partial charge in [0.2, 0.25) is 0 Å². The van der Waals surface area contributed by atoms with Crippen molar-refractivity contribution in [2.45, 2.75) is 52.0 Å². The van der Waals surface area contributed by atoms with E-state index in [1.807, 2.05) is 0 Å². The molecule has 106 valence electrons. The van der Waals surface area contributed by atoms with E-state index in [9.17, 15) is 0 Å². The van der Waals surface area contributed by atoms with Crippen molar-refractivity contribution in [1.82, 2.24) is 4.90 Å². The van der Waals surface area contributed by atoms with Crippen molar-refractivity contribution in [2.75, 3.05) is 31.1 Å². The minimum absolute atomic E-state index is 0.261. The molecule has 1 heterocycles. The lowest BCUT2D eigenvalue weighted by Crippen LogP contribution is -2.61. The van der Waals surface area contributed by atoms with E-state index in [2.05, 4.69) is 37.4 Å². The maximum atomic E-state index is 6.22. The third-order valence-electron chi connectivity index (χ3n) is 4.81. The van der Waals surface area contributed by atoms with Crippen LogP contribution in [0.15, 0.2) is 0 Å². The van der Waals surface area contributed by atoms with E-state index in [1.54, 1.807) is 0 Å². The third kappa shape index (κ3) is 3.05. The molecule has 3 heteroatoms. The van der Waals surface area contributed by atoms with Crippen LogP contribution in [0.3, 0.4) is 0 Å². The molecule has 0 amide bonds. The van der Waals surface area contributed by atoms with E-state index < -0.39 is 0 Å². The van der Waals surface area contributed by atoms with Gasteiger partial charge in [0.1, 0.15) is 0 Å². The molecule has 1 atom stereocenters. The molecule has 1 aliphatic heterocycles. The van der Waals surface area contributed by atoms with Crippen molar-refractivity contribution in [3.63, 3.8) is 0 Å². The molecular weight excluding hydrogens is 240 g/mol. The molecule has 2 nitrogen and oxygen atoms in total. The second kappa shape index (κ2) is 5.72. The summed E-state index contributed by atoms with van der Waals surface area (Å²) in [5.41, 5.74) is 6.92. The Balaban J connectivity index is 2.07. The number of hydrogen-bond acceptors (Lipinski definition) is 3. The molecule has 1 unspecified atom stereocenters. The van der Waals surface area contributed by atoms with Gasteiger partial charge in [-0.25, -0.2) is 0 Å². The molecule has 2 N–H and O–H groups in total. The van der Waals surface area contributed by atoms with Gasteiger partial charge in [-0.3, -0.25) is 4.90 Å². The van der Waals surface area contributed by atoms with E-state index in [-0.39, 0.29) is 5.54 Å². The minimum Gasteiger partial charge on any atom is -0.329 e. The summed E-state index contributed by atoms with van der Waals surface area (Å²) >= 11 is 2.11. The number of likely N-dealkylation sites (N-methyl/N-ethyl adjacent to an activating group) is 1. The fourth-order valence-corrected chi connectivity index (χ4v) is 5.16. The van der Waals surface area contributed by atoms with Gasteiger partial charge in [0.05, 0.1) is 0 Å². The molecule has 18 heavy (non-hydrogen) atoms. The van der Waals surface area contributed by atoms with Gasteiger partial charge in [-0.05, 0) is 42.9 Å². The highest BCUT2D eigenvalue weighted by atomic mass is 32.2. The summed E-state index contributed by atoms with van der Waals surface area (Å²) in [5.74, 6) is 3.46. The highest BCUT2D eigenvalue weighted by Gasteiger charge is 2.43. The Bertz CT molecular complexity index is 276. The lowest BCUT2D eigenvalue weighted by molar-refractivity contribution is 0.0452. The first-order valence-corrected chi connectivity index (χ1v) is 8.70. The molecule has 0 aromatic carbocycles. The van der Waals surface area contributed by atoms with E-state index in [0.29, 0.717) is 5.41 Å². The van der Waals surface area contributed by atoms with Crippen LogP contribution in [0.1, 0.15) is 46.5 Å². The molecule has 0 aromatic heterocycles. The maximum Gasteiger partial charge on any atom is 0.0427 e. The van der Waals surface area contributed by atoms with E-state index in [0.717, 1.165) is 19.0 Å². The van der Waals surface area contributed by atoms with Gasteiger partial charge in [-0.1, -0.05) is 27.2 Å². The summed E-state index contributed by atoms with van der Waals surface area (Å²) < 4.78 is 0. The highest BCUT2D eigenvalue weighted by molar-refractivity contribution is 7.99. The van der Waals surface area contributed by atoms with Crippen LogP contribution < -0.4 is 5.73 Å². The first-order valence-electron chi connectivity index (χ1n) is 7.54. The van der Waals surface area contributed by atoms with Crippen LogP contribution in [-0.2, 0) is 0 Å². The quantitative estimate of drug-likeness (QED) is 0.833. The Labute approximate surface area is 117 Å². The molecule has 2 fully saturated rings. The molecule has 1 aliphatic carbocycles. The molecule has 2 aliphatic rings. The standard InChI is InChI=1S/C15H30N2S/c1-4-17(8-13-6-5-7-13)15(10-16)9-14(2,3)11-18-12-15/h13H,4-12,16H2,1-3H3. The number of thioether (sulfide) groups is 1. The largest absolute Gasteiger partial charge is 0.329 e. The number of rotatable bonds is 5. The average Bonchev–Trinajstić information content (AvgIpc) is 2.26. The van der Waals surface area contributed by atoms with Crippen LogP contribution in [0.25, 0.3) is 0 Å². The van der Waals surface area contributed by atoms with Crippen LogP contribution in [-0.4, -0.2) is 41.6 Å². The van der Waals surface area contributed by atoms with Crippen LogP contribution in [0.2, 0.25) is 0 Å². The molecule has 0 radical (unpaired) electrons. The van der Waals surface area contributed by atoms with Gasteiger partial charge in [-0.15, -0.1) is 0 Å². The van der Waals surface area contributed by atoms with Crippen molar-refractivity contribution in [2.24, 2.45) is 17.1 Å². The SMILES string of the molecule is CCN(CC1CCC1)C1(CN)CSCC(C)(C)C1. The highest BCUT2D eigenvalue weighted by Crippen LogP contribution is 2.42. The first-order chi connectivity index (χ1) is 8.51. The van der Waals surface area contributed by atoms with Gasteiger partial charge < -0.3 is 5.73 Å². The molecule has 0 spiro atoms. The maximum absolute atomic E-state index is 6.22. The van der Waals surface area contributed by atoms with Crippen LogP contribution in [0.4, 0.5) is 0 Å². The Morgan fingerprint density at radius 2 is 2.00 bits per heavy atom. The minimum atomic E-state index is 0.261. The summed E-state index contributed by atoms with van der Waals surface area (Å²) in [5, 5.41) is 0. The molecule has 0 aromatic rings. The predicted molar refractivity (Wildman–Crippen MR) is 82.1 cm³/mol. The number of nitrogens with two attached hydrogens (primary N) is 1. The average molecular weight is 270 g/mol. The monoisotopic (exact) mass is 270 g/mol. The van der Waals surface area contributed by atoms with E-state index in [1.165, 1.54) is 43.7 Å². The molecule has 1 saturated heterocycles. The number of hydrogen-bond donors (Lipinski definition) is 1. The van der Waals surface area contributed by atoms with Gasteiger partial charge in [-0.2, -0.15) is 11.8 Å². The number of nitrogens with zero attached hydrogens (tertiary/aromatic N) is 1. The van der Waals surface area contributed by atoms with E-state index >= 15 is 0 Å². The van der Waals surface area contributed by atoms with Crippen molar-refractivity contribution in [3.8, 4) is 0 Å². The second-order valence-corrected chi connectivity index (χ2v) is 8.08. The smallest absolute Gasteiger partial charge is 0.0427 e. The fraction of sp³-hybridized carbons (Fsp3) is 1.00. The van der Waals surface area contributed by atoms with Gasteiger partial charge in [0, 0.05) is 24.4 Å². The van der Waals surface area contributed by atoms with Gasteiger partial charge in [0.25, 0.3) is 0 Å². The van der Waals surface area contributed by atoms with Crippen LogP contribution in [0.5, 0.6) is 0 Å². The van der Waals surface area contributed by atoms with Gasteiger partial charge >= 0.3 is 0 Å². The molecular formula is C15H30N2S. The summed E-state index contributed by atoms with van der Waals surface area (Å²) in [6, 6.07) is 0. The topological polar surface area (TPSA) is 29.3 Å². The lowest BCUT2D eigenvalue weighted by atomic mass is 9.77. The molecule has 1 saturated carbocycles. The Morgan fingerprint density at radius 1 is 1.28 bits per heavy atom. The zero-order valence-electron chi connectivity index (χ0n) is 12.4. The Hall–Kier alpha value is 0.270. The van der Waals surface area contributed by atoms with Crippen LogP contribution >= 0.6 is 11.8 Å². The summed E-state index contributed by atoms with van der Waals surface area (Å²) in [6.07, 6.45) is 5.59. The van der Waals surface area contributed by atoms with Gasteiger partial charge in [0.15, 0.2) is 0 Å². The van der Waals surface area contributed by atoms with Crippen molar-refractivity contribution in [3.05, 3.63) is 0 Å². The van der Waals surface area contributed by atoms with Crippen molar-refractivity contribution >= 4 is 11.8 Å². The molecule has 2 rings (SSSR count). The summed E-state index contributed by atoms with van der Waals surface area (Å²) in [4.78, 5) is 2.71. The van der Waals surface area contributed by atoms with Crippen molar-refractivity contribution in [1.29, 1.82) is 0 Å².